The van der Waals surface area contributed by atoms with Crippen molar-refractivity contribution in [1.82, 2.24) is 19.5 Å². The summed E-state index contributed by atoms with van der Waals surface area (Å²) in [6, 6.07) is 4.59. The number of hydrogen-bond acceptors (Lipinski definition) is 5. The highest BCUT2D eigenvalue weighted by atomic mass is 32.2. The first kappa shape index (κ1) is 19.0. The van der Waals surface area contributed by atoms with E-state index in [1.54, 1.807) is 18.2 Å². The van der Waals surface area contributed by atoms with E-state index in [4.69, 9.17) is 0 Å². The molecule has 1 fully saturated rings. The molecule has 28 heavy (non-hydrogen) atoms. The molecule has 1 saturated heterocycles. The lowest BCUT2D eigenvalue weighted by Gasteiger charge is -2.32. The third-order valence-electron chi connectivity index (χ3n) is 5.17. The van der Waals surface area contributed by atoms with Crippen LogP contribution in [-0.4, -0.2) is 47.6 Å². The van der Waals surface area contributed by atoms with Crippen LogP contribution in [0.3, 0.4) is 0 Å². The van der Waals surface area contributed by atoms with E-state index in [1.807, 2.05) is 0 Å². The van der Waals surface area contributed by atoms with Crippen molar-refractivity contribution < 1.29 is 21.9 Å². The molecule has 0 amide bonds. The molecule has 2 heterocycles. The highest BCUT2D eigenvalue weighted by Gasteiger charge is 2.34. The summed E-state index contributed by atoms with van der Waals surface area (Å²) < 4.78 is 57.0. The van der Waals surface area contributed by atoms with Crippen molar-refractivity contribution in [2.45, 2.75) is 38.2 Å². The van der Waals surface area contributed by atoms with E-state index in [0.717, 1.165) is 24.0 Å². The zero-order valence-electron chi connectivity index (χ0n) is 15.0. The number of aromatic nitrogens is 3. The summed E-state index contributed by atoms with van der Waals surface area (Å²) in [5.41, 5.74) is 1.52. The number of sulfonamides is 1. The number of hydrogen-bond donors (Lipinski definition) is 1. The molecule has 0 radical (unpaired) electrons. The van der Waals surface area contributed by atoms with Crippen LogP contribution in [0.2, 0.25) is 0 Å². The molecule has 0 spiro atoms. The number of ether oxygens (including phenoxy) is 1. The Hall–Kier alpha value is -2.33. The van der Waals surface area contributed by atoms with E-state index in [9.17, 15) is 17.2 Å². The smallest absolute Gasteiger partial charge is 0.387 e. The number of alkyl halides is 2. The molecule has 1 aliphatic carbocycles. The molecular formula is C18H20F2N4O3S. The molecule has 2 aliphatic rings. The fourth-order valence-corrected chi connectivity index (χ4v) is 5.50. The topological polar surface area (TPSA) is 88.2 Å². The Morgan fingerprint density at radius 1 is 1.29 bits per heavy atom. The number of fused-ring (bicyclic) bond motifs is 1. The monoisotopic (exact) mass is 410 g/mol. The van der Waals surface area contributed by atoms with Gasteiger partial charge in [0.15, 0.2) is 0 Å². The van der Waals surface area contributed by atoms with Gasteiger partial charge in [0.2, 0.25) is 10.0 Å². The van der Waals surface area contributed by atoms with Crippen LogP contribution in [0.15, 0.2) is 29.4 Å². The Morgan fingerprint density at radius 3 is 2.89 bits per heavy atom. The van der Waals surface area contributed by atoms with Crippen molar-refractivity contribution in [3.05, 3.63) is 46.4 Å². The fourth-order valence-electron chi connectivity index (χ4n) is 3.78. The maximum Gasteiger partial charge on any atom is 0.387 e. The Labute approximate surface area is 161 Å². The number of aryl methyl sites for hydroxylation is 1. The van der Waals surface area contributed by atoms with Gasteiger partial charge in [0, 0.05) is 19.0 Å². The molecule has 1 unspecified atom stereocenters. The van der Waals surface area contributed by atoms with E-state index in [2.05, 4.69) is 19.9 Å². The molecule has 4 rings (SSSR count). The van der Waals surface area contributed by atoms with Gasteiger partial charge in [-0.25, -0.2) is 13.4 Å². The number of allylic oxidation sites excluding steroid dienone is 1. The number of H-pyrrole nitrogens is 1. The number of nitrogens with one attached hydrogen (secondary N) is 1. The van der Waals surface area contributed by atoms with Crippen molar-refractivity contribution in [1.29, 1.82) is 0 Å². The van der Waals surface area contributed by atoms with Gasteiger partial charge < -0.3 is 4.74 Å². The average molecular weight is 410 g/mol. The average Bonchev–Trinajstić information content (AvgIpc) is 3.22. The summed E-state index contributed by atoms with van der Waals surface area (Å²) in [5.74, 6) is 0.783. The predicted molar refractivity (Wildman–Crippen MR) is 98.2 cm³/mol. The van der Waals surface area contributed by atoms with Crippen molar-refractivity contribution >= 4 is 16.1 Å². The molecular weight excluding hydrogens is 390 g/mol. The van der Waals surface area contributed by atoms with Gasteiger partial charge in [-0.3, -0.25) is 5.10 Å². The van der Waals surface area contributed by atoms with Crippen LogP contribution >= 0.6 is 0 Å². The van der Waals surface area contributed by atoms with E-state index in [0.29, 0.717) is 36.7 Å². The van der Waals surface area contributed by atoms with Gasteiger partial charge in [-0.2, -0.15) is 18.2 Å². The Balaban J connectivity index is 1.55. The lowest BCUT2D eigenvalue weighted by Crippen LogP contribution is -2.40. The largest absolute Gasteiger partial charge is 0.435 e. The molecule has 1 atom stereocenters. The first-order valence-electron chi connectivity index (χ1n) is 9.07. The molecule has 1 N–H and O–H groups in total. The number of halogens is 2. The Kier molecular flexibility index (Phi) is 5.15. The number of benzene rings is 1. The second-order valence-corrected chi connectivity index (χ2v) is 8.91. The van der Waals surface area contributed by atoms with Crippen LogP contribution < -0.4 is 4.74 Å². The summed E-state index contributed by atoms with van der Waals surface area (Å²) in [7, 11) is -3.60. The van der Waals surface area contributed by atoms with Crippen LogP contribution in [-0.2, 0) is 16.4 Å². The molecule has 0 saturated carbocycles. The summed E-state index contributed by atoms with van der Waals surface area (Å²) in [6.45, 7) is -2.05. The lowest BCUT2D eigenvalue weighted by atomic mass is 9.97. The van der Waals surface area contributed by atoms with Gasteiger partial charge in [0.05, 0.1) is 4.91 Å². The molecule has 150 valence electrons. The first-order chi connectivity index (χ1) is 13.4. The standard InChI is InChI=1S/C18H20F2N4O3S/c19-18(20)27-15-5-3-13-9-16(6-4-12(13)8-15)28(25,26)24-7-1-2-14(10-24)17-21-11-22-23-17/h3,5,8-9,11,14,18H,1-2,4,6-7,10H2,(H,21,22,23). The summed E-state index contributed by atoms with van der Waals surface area (Å²) >= 11 is 0. The molecule has 7 nitrogen and oxygen atoms in total. The van der Waals surface area contributed by atoms with Crippen molar-refractivity contribution in [3.8, 4) is 5.75 Å². The number of rotatable bonds is 5. The lowest BCUT2D eigenvalue weighted by molar-refractivity contribution is -0.0498. The maximum atomic E-state index is 13.2. The van der Waals surface area contributed by atoms with Gasteiger partial charge in [-0.05, 0) is 55.0 Å². The Morgan fingerprint density at radius 2 is 2.14 bits per heavy atom. The predicted octanol–water partition coefficient (Wildman–Crippen LogP) is 2.90. The van der Waals surface area contributed by atoms with Crippen molar-refractivity contribution in [2.24, 2.45) is 0 Å². The second kappa shape index (κ2) is 7.59. The SMILES string of the molecule is O=S(=O)(C1=Cc2ccc(OC(F)F)cc2CC1)N1CCCC(c2ncn[nH]2)C1. The molecule has 1 aromatic heterocycles. The van der Waals surface area contributed by atoms with Gasteiger partial charge in [0.25, 0.3) is 0 Å². The van der Waals surface area contributed by atoms with Crippen LogP contribution in [0.25, 0.3) is 6.08 Å². The van der Waals surface area contributed by atoms with Crippen LogP contribution in [0.4, 0.5) is 8.78 Å². The van der Waals surface area contributed by atoms with Gasteiger partial charge >= 0.3 is 6.61 Å². The zero-order valence-corrected chi connectivity index (χ0v) is 15.8. The minimum atomic E-state index is -3.60. The van der Waals surface area contributed by atoms with E-state index in [1.165, 1.54) is 16.7 Å². The van der Waals surface area contributed by atoms with E-state index >= 15 is 0 Å². The van der Waals surface area contributed by atoms with Gasteiger partial charge in [-0.15, -0.1) is 0 Å². The second-order valence-electron chi connectivity index (χ2n) is 6.92. The van der Waals surface area contributed by atoms with Gasteiger partial charge in [-0.1, -0.05) is 6.07 Å². The summed E-state index contributed by atoms with van der Waals surface area (Å²) in [4.78, 5) is 4.51. The number of piperidine rings is 1. The molecule has 1 aromatic carbocycles. The highest BCUT2D eigenvalue weighted by Crippen LogP contribution is 2.34. The van der Waals surface area contributed by atoms with Crippen molar-refractivity contribution in [2.75, 3.05) is 13.1 Å². The minimum Gasteiger partial charge on any atom is -0.435 e. The third kappa shape index (κ3) is 3.79. The molecule has 10 heteroatoms. The normalized spacial score (nSPS) is 20.7. The Bertz CT molecular complexity index is 977. The van der Waals surface area contributed by atoms with E-state index < -0.39 is 16.6 Å². The fraction of sp³-hybridized carbons (Fsp3) is 0.444. The van der Waals surface area contributed by atoms with Crippen LogP contribution in [0.5, 0.6) is 5.75 Å². The number of aromatic amines is 1. The van der Waals surface area contributed by atoms with Crippen LogP contribution in [0.1, 0.15) is 42.1 Å². The quantitative estimate of drug-likeness (QED) is 0.819. The molecule has 1 aliphatic heterocycles. The van der Waals surface area contributed by atoms with Crippen LogP contribution in [0, 0.1) is 0 Å². The first-order valence-corrected chi connectivity index (χ1v) is 10.5. The van der Waals surface area contributed by atoms with Gasteiger partial charge in [0.1, 0.15) is 17.9 Å². The van der Waals surface area contributed by atoms with E-state index in [-0.39, 0.29) is 11.7 Å². The highest BCUT2D eigenvalue weighted by molar-refractivity contribution is 7.93. The molecule has 2 aromatic rings. The third-order valence-corrected chi connectivity index (χ3v) is 7.17. The van der Waals surface area contributed by atoms with Crippen molar-refractivity contribution in [3.63, 3.8) is 0 Å². The maximum absolute atomic E-state index is 13.2. The summed E-state index contributed by atoms with van der Waals surface area (Å²) in [6.07, 6.45) is 5.46. The zero-order chi connectivity index (χ0) is 19.7. The summed E-state index contributed by atoms with van der Waals surface area (Å²) in [5, 5.41) is 6.68. The minimum absolute atomic E-state index is 0.00319. The number of nitrogens with zero attached hydrogens (tertiary/aromatic N) is 3. The molecule has 0 bridgehead atoms.